The van der Waals surface area contributed by atoms with Crippen LogP contribution in [0, 0.1) is 13.8 Å². The Morgan fingerprint density at radius 1 is 1.35 bits per heavy atom. The van der Waals surface area contributed by atoms with E-state index < -0.39 is 0 Å². The minimum absolute atomic E-state index is 0.187. The number of hydrogen-bond acceptors (Lipinski definition) is 5. The molecule has 1 unspecified atom stereocenters. The van der Waals surface area contributed by atoms with Gasteiger partial charge in [-0.25, -0.2) is 0 Å². The molecule has 1 N–H and O–H groups in total. The summed E-state index contributed by atoms with van der Waals surface area (Å²) < 4.78 is 5.46. The molecule has 0 amide bonds. The standard InChI is InChI=1S/C15H20N4O/c1-10-4-5-12(11(2)8-10)15-17-14(18-20-15)13-9-16-6-7-19(13)3/h4-5,8,13,16H,6-7,9H2,1-3H3. The first-order chi connectivity index (χ1) is 9.65. The van der Waals surface area contributed by atoms with Crippen molar-refractivity contribution < 1.29 is 4.52 Å². The molecular formula is C15H20N4O. The molecule has 2 heterocycles. The van der Waals surface area contributed by atoms with Crippen LogP contribution in [0.2, 0.25) is 0 Å². The molecule has 20 heavy (non-hydrogen) atoms. The Morgan fingerprint density at radius 3 is 2.95 bits per heavy atom. The van der Waals surface area contributed by atoms with E-state index in [2.05, 4.69) is 53.4 Å². The molecule has 1 aliphatic rings. The Balaban J connectivity index is 1.89. The fourth-order valence-electron chi connectivity index (χ4n) is 2.63. The van der Waals surface area contributed by atoms with Crippen molar-refractivity contribution in [2.24, 2.45) is 0 Å². The third kappa shape index (κ3) is 2.46. The van der Waals surface area contributed by atoms with E-state index in [9.17, 15) is 0 Å². The summed E-state index contributed by atoms with van der Waals surface area (Å²) in [5, 5.41) is 7.53. The van der Waals surface area contributed by atoms with E-state index >= 15 is 0 Å². The average Bonchev–Trinajstić information content (AvgIpc) is 2.88. The molecule has 0 saturated carbocycles. The highest BCUT2D eigenvalue weighted by atomic mass is 16.5. The third-order valence-corrected chi connectivity index (χ3v) is 3.86. The maximum Gasteiger partial charge on any atom is 0.258 e. The van der Waals surface area contributed by atoms with Gasteiger partial charge in [-0.1, -0.05) is 22.9 Å². The van der Waals surface area contributed by atoms with Crippen LogP contribution in [0.3, 0.4) is 0 Å². The molecule has 1 aromatic heterocycles. The lowest BCUT2D eigenvalue weighted by atomic mass is 10.1. The average molecular weight is 272 g/mol. The van der Waals surface area contributed by atoms with Gasteiger partial charge < -0.3 is 9.84 Å². The van der Waals surface area contributed by atoms with Crippen molar-refractivity contribution >= 4 is 0 Å². The van der Waals surface area contributed by atoms with Gasteiger partial charge in [-0.2, -0.15) is 4.98 Å². The summed E-state index contributed by atoms with van der Waals surface area (Å²) in [5.41, 5.74) is 3.42. The number of aromatic nitrogens is 2. The normalized spacial score (nSPS) is 20.2. The summed E-state index contributed by atoms with van der Waals surface area (Å²) >= 11 is 0. The van der Waals surface area contributed by atoms with E-state index in [4.69, 9.17) is 4.52 Å². The van der Waals surface area contributed by atoms with Gasteiger partial charge in [0.25, 0.3) is 5.89 Å². The minimum Gasteiger partial charge on any atom is -0.334 e. The molecule has 1 aromatic carbocycles. The van der Waals surface area contributed by atoms with Gasteiger partial charge in [0.05, 0.1) is 6.04 Å². The topological polar surface area (TPSA) is 54.2 Å². The quantitative estimate of drug-likeness (QED) is 0.905. The first kappa shape index (κ1) is 13.3. The van der Waals surface area contributed by atoms with Gasteiger partial charge in [0.1, 0.15) is 0 Å². The van der Waals surface area contributed by atoms with Crippen LogP contribution >= 0.6 is 0 Å². The molecule has 1 fully saturated rings. The van der Waals surface area contributed by atoms with E-state index in [1.54, 1.807) is 0 Å². The zero-order valence-corrected chi connectivity index (χ0v) is 12.2. The Labute approximate surface area is 119 Å². The van der Waals surface area contributed by atoms with Gasteiger partial charge in [0.15, 0.2) is 5.82 Å². The fraction of sp³-hybridized carbons (Fsp3) is 0.467. The summed E-state index contributed by atoms with van der Waals surface area (Å²) in [6.07, 6.45) is 0. The lowest BCUT2D eigenvalue weighted by Gasteiger charge is -2.30. The van der Waals surface area contributed by atoms with Gasteiger partial charge in [0, 0.05) is 25.2 Å². The number of piperazine rings is 1. The molecular weight excluding hydrogens is 252 g/mol. The van der Waals surface area contributed by atoms with E-state index in [-0.39, 0.29) is 6.04 Å². The van der Waals surface area contributed by atoms with Crippen LogP contribution < -0.4 is 5.32 Å². The first-order valence-electron chi connectivity index (χ1n) is 6.97. The van der Waals surface area contributed by atoms with Crippen molar-refractivity contribution in [1.29, 1.82) is 0 Å². The van der Waals surface area contributed by atoms with Crippen LogP contribution in [0.4, 0.5) is 0 Å². The minimum atomic E-state index is 0.187. The molecule has 1 aliphatic heterocycles. The number of nitrogens with one attached hydrogen (secondary N) is 1. The predicted octanol–water partition coefficient (Wildman–Crippen LogP) is 1.93. The molecule has 2 aromatic rings. The molecule has 0 radical (unpaired) electrons. The SMILES string of the molecule is Cc1ccc(-c2nc(C3CNCCN3C)no2)c(C)c1. The summed E-state index contributed by atoms with van der Waals surface area (Å²) in [5.74, 6) is 1.37. The smallest absolute Gasteiger partial charge is 0.258 e. The van der Waals surface area contributed by atoms with Gasteiger partial charge in [-0.3, -0.25) is 4.90 Å². The largest absolute Gasteiger partial charge is 0.334 e. The molecule has 0 aliphatic carbocycles. The Morgan fingerprint density at radius 2 is 2.20 bits per heavy atom. The summed E-state index contributed by atoms with van der Waals surface area (Å²) in [7, 11) is 2.10. The van der Waals surface area contributed by atoms with Gasteiger partial charge in [-0.15, -0.1) is 0 Å². The van der Waals surface area contributed by atoms with Gasteiger partial charge in [0.2, 0.25) is 0 Å². The highest BCUT2D eigenvalue weighted by molar-refractivity contribution is 5.58. The molecule has 5 nitrogen and oxygen atoms in total. The maximum atomic E-state index is 5.46. The third-order valence-electron chi connectivity index (χ3n) is 3.86. The van der Waals surface area contributed by atoms with Gasteiger partial charge in [-0.05, 0) is 32.5 Å². The summed E-state index contributed by atoms with van der Waals surface area (Å²) in [6, 6.07) is 6.44. The Kier molecular flexibility index (Phi) is 3.54. The van der Waals surface area contributed by atoms with Crippen molar-refractivity contribution in [3.63, 3.8) is 0 Å². The maximum absolute atomic E-state index is 5.46. The van der Waals surface area contributed by atoms with E-state index in [1.807, 2.05) is 6.07 Å². The van der Waals surface area contributed by atoms with E-state index in [1.165, 1.54) is 5.56 Å². The lowest BCUT2D eigenvalue weighted by Crippen LogP contribution is -2.44. The number of aryl methyl sites for hydroxylation is 2. The highest BCUT2D eigenvalue weighted by Gasteiger charge is 2.25. The fourth-order valence-corrected chi connectivity index (χ4v) is 2.63. The number of rotatable bonds is 2. The number of hydrogen-bond donors (Lipinski definition) is 1. The lowest BCUT2D eigenvalue weighted by molar-refractivity contribution is 0.190. The van der Waals surface area contributed by atoms with E-state index in [0.29, 0.717) is 5.89 Å². The zero-order chi connectivity index (χ0) is 14.1. The van der Waals surface area contributed by atoms with Crippen molar-refractivity contribution in [3.05, 3.63) is 35.2 Å². The second kappa shape index (κ2) is 5.34. The number of benzene rings is 1. The van der Waals surface area contributed by atoms with Crippen LogP contribution in [0.25, 0.3) is 11.5 Å². The molecule has 0 spiro atoms. The molecule has 3 rings (SSSR count). The van der Waals surface area contributed by atoms with E-state index in [0.717, 1.165) is 36.6 Å². The molecule has 1 saturated heterocycles. The number of likely N-dealkylation sites (N-methyl/N-ethyl adjacent to an activating group) is 1. The number of nitrogens with zero attached hydrogens (tertiary/aromatic N) is 3. The summed E-state index contributed by atoms with van der Waals surface area (Å²) in [4.78, 5) is 6.84. The highest BCUT2D eigenvalue weighted by Crippen LogP contribution is 2.25. The molecule has 1 atom stereocenters. The van der Waals surface area contributed by atoms with Crippen LogP contribution in [0.1, 0.15) is 23.0 Å². The van der Waals surface area contributed by atoms with Crippen LogP contribution in [-0.4, -0.2) is 41.7 Å². The van der Waals surface area contributed by atoms with Crippen LogP contribution in [0.15, 0.2) is 22.7 Å². The monoisotopic (exact) mass is 272 g/mol. The van der Waals surface area contributed by atoms with Crippen molar-refractivity contribution in [3.8, 4) is 11.5 Å². The van der Waals surface area contributed by atoms with Crippen molar-refractivity contribution in [2.45, 2.75) is 19.9 Å². The van der Waals surface area contributed by atoms with Crippen LogP contribution in [-0.2, 0) is 0 Å². The van der Waals surface area contributed by atoms with Crippen molar-refractivity contribution in [1.82, 2.24) is 20.4 Å². The second-order valence-electron chi connectivity index (χ2n) is 5.48. The van der Waals surface area contributed by atoms with Gasteiger partial charge >= 0.3 is 0 Å². The molecule has 106 valence electrons. The van der Waals surface area contributed by atoms with Crippen LogP contribution in [0.5, 0.6) is 0 Å². The molecule has 0 bridgehead atoms. The molecule has 5 heteroatoms. The Bertz CT molecular complexity index is 608. The second-order valence-corrected chi connectivity index (χ2v) is 5.48. The Hall–Kier alpha value is -1.72. The predicted molar refractivity (Wildman–Crippen MR) is 77.4 cm³/mol. The zero-order valence-electron chi connectivity index (χ0n) is 12.2. The summed E-state index contributed by atoms with van der Waals surface area (Å²) in [6.45, 7) is 7.02. The first-order valence-corrected chi connectivity index (χ1v) is 6.97. The van der Waals surface area contributed by atoms with Crippen molar-refractivity contribution in [2.75, 3.05) is 26.7 Å².